The molecule has 17 heavy (non-hydrogen) atoms. The Morgan fingerprint density at radius 1 is 1.29 bits per heavy atom. The van der Waals surface area contributed by atoms with Crippen LogP contribution in [0.3, 0.4) is 0 Å². The van der Waals surface area contributed by atoms with Gasteiger partial charge in [0.1, 0.15) is 11.6 Å². The number of halogens is 2. The van der Waals surface area contributed by atoms with E-state index in [9.17, 15) is 4.39 Å². The molecule has 0 aliphatic heterocycles. The van der Waals surface area contributed by atoms with Crippen LogP contribution in [0, 0.1) is 17.1 Å². The molecule has 0 saturated heterocycles. The Bertz CT molecular complexity index is 595. The predicted octanol–water partition coefficient (Wildman–Crippen LogP) is 3.54. The lowest BCUT2D eigenvalue weighted by Crippen LogP contribution is -1.89. The van der Waals surface area contributed by atoms with Gasteiger partial charge in [-0.3, -0.25) is 0 Å². The number of hydrogen-bond acceptors (Lipinski definition) is 3. The van der Waals surface area contributed by atoms with E-state index >= 15 is 0 Å². The van der Waals surface area contributed by atoms with Crippen LogP contribution in [0.2, 0.25) is 5.02 Å². The Labute approximate surface area is 102 Å². The van der Waals surface area contributed by atoms with E-state index < -0.39 is 5.82 Å². The van der Waals surface area contributed by atoms with E-state index in [1.54, 1.807) is 6.07 Å². The van der Waals surface area contributed by atoms with Gasteiger partial charge in [0.15, 0.2) is 0 Å². The third-order valence-corrected chi connectivity index (χ3v) is 2.27. The van der Waals surface area contributed by atoms with E-state index in [0.717, 1.165) is 0 Å². The van der Waals surface area contributed by atoms with Gasteiger partial charge in [-0.05, 0) is 18.2 Å². The van der Waals surface area contributed by atoms with Gasteiger partial charge in [0.2, 0.25) is 5.88 Å². The lowest BCUT2D eigenvalue weighted by molar-refractivity contribution is 0.461. The fourth-order valence-electron chi connectivity index (χ4n) is 1.20. The fraction of sp³-hybridized carbons (Fsp3) is 0. The first kappa shape index (κ1) is 11.4. The first-order valence-corrected chi connectivity index (χ1v) is 5.06. The molecule has 0 fully saturated rings. The maximum atomic E-state index is 12.9. The first-order valence-electron chi connectivity index (χ1n) is 4.68. The lowest BCUT2D eigenvalue weighted by atomic mass is 10.3. The third kappa shape index (κ3) is 2.71. The third-order valence-electron chi connectivity index (χ3n) is 1.98. The second kappa shape index (κ2) is 4.81. The summed E-state index contributed by atoms with van der Waals surface area (Å²) in [7, 11) is 0. The van der Waals surface area contributed by atoms with E-state index in [2.05, 4.69) is 4.98 Å². The average Bonchev–Trinajstić information content (AvgIpc) is 2.34. The second-order valence-electron chi connectivity index (χ2n) is 3.17. The van der Waals surface area contributed by atoms with Crippen LogP contribution < -0.4 is 4.74 Å². The summed E-state index contributed by atoms with van der Waals surface area (Å²) in [5.41, 5.74) is 0.434. The molecule has 0 saturated carbocycles. The van der Waals surface area contributed by atoms with Gasteiger partial charge in [0.25, 0.3) is 0 Å². The fourth-order valence-corrected chi connectivity index (χ4v) is 1.37. The van der Waals surface area contributed by atoms with E-state index in [0.29, 0.717) is 11.3 Å². The van der Waals surface area contributed by atoms with Crippen molar-refractivity contribution in [2.45, 2.75) is 0 Å². The van der Waals surface area contributed by atoms with Crippen molar-refractivity contribution in [3.8, 4) is 17.7 Å². The highest BCUT2D eigenvalue weighted by Crippen LogP contribution is 2.25. The number of aromatic nitrogens is 1. The molecule has 0 amide bonds. The topological polar surface area (TPSA) is 45.9 Å². The smallest absolute Gasteiger partial charge is 0.220 e. The highest BCUT2D eigenvalue weighted by atomic mass is 35.5. The summed E-state index contributed by atoms with van der Waals surface area (Å²) >= 11 is 5.61. The standard InChI is InChI=1S/C12H6ClFN2O/c13-10-6-9(1-2-11(10)14)17-12-5-8(7-15)3-4-16-12/h1-6H. The Balaban J connectivity index is 2.25. The first-order chi connectivity index (χ1) is 8.19. The highest BCUT2D eigenvalue weighted by molar-refractivity contribution is 6.30. The normalized spacial score (nSPS) is 9.71. The van der Waals surface area contributed by atoms with Gasteiger partial charge in [-0.1, -0.05) is 11.6 Å². The Morgan fingerprint density at radius 3 is 2.82 bits per heavy atom. The van der Waals surface area contributed by atoms with Crippen LogP contribution in [-0.4, -0.2) is 4.98 Å². The molecule has 0 radical (unpaired) electrons. The lowest BCUT2D eigenvalue weighted by Gasteiger charge is -2.05. The molecule has 1 heterocycles. The number of hydrogen-bond donors (Lipinski definition) is 0. The Kier molecular flexibility index (Phi) is 3.22. The molecule has 3 nitrogen and oxygen atoms in total. The zero-order chi connectivity index (χ0) is 12.3. The monoisotopic (exact) mass is 248 g/mol. The molecule has 0 bridgehead atoms. The minimum absolute atomic E-state index is 0.0288. The van der Waals surface area contributed by atoms with Crippen molar-refractivity contribution in [3.05, 3.63) is 52.9 Å². The molecule has 5 heteroatoms. The van der Waals surface area contributed by atoms with Crippen molar-refractivity contribution in [1.29, 1.82) is 5.26 Å². The number of benzene rings is 1. The van der Waals surface area contributed by atoms with Crippen LogP contribution in [0.25, 0.3) is 0 Å². The summed E-state index contributed by atoms with van der Waals surface area (Å²) in [6.07, 6.45) is 1.46. The molecule has 0 aliphatic rings. The van der Waals surface area contributed by atoms with E-state index in [4.69, 9.17) is 21.6 Å². The van der Waals surface area contributed by atoms with E-state index in [1.165, 1.54) is 30.5 Å². The van der Waals surface area contributed by atoms with Crippen LogP contribution in [0.15, 0.2) is 36.5 Å². The van der Waals surface area contributed by atoms with Gasteiger partial charge >= 0.3 is 0 Å². The van der Waals surface area contributed by atoms with Crippen molar-refractivity contribution in [1.82, 2.24) is 4.98 Å². The summed E-state index contributed by atoms with van der Waals surface area (Å²) in [5.74, 6) is 0.100. The van der Waals surface area contributed by atoms with Crippen LogP contribution in [0.1, 0.15) is 5.56 Å². The van der Waals surface area contributed by atoms with E-state index in [-0.39, 0.29) is 10.9 Å². The van der Waals surface area contributed by atoms with Gasteiger partial charge in [-0.2, -0.15) is 5.26 Å². The van der Waals surface area contributed by atoms with Crippen LogP contribution in [0.5, 0.6) is 11.6 Å². The molecule has 0 spiro atoms. The average molecular weight is 249 g/mol. The minimum atomic E-state index is -0.516. The van der Waals surface area contributed by atoms with Crippen LogP contribution in [0.4, 0.5) is 4.39 Å². The van der Waals surface area contributed by atoms with Crippen molar-refractivity contribution < 1.29 is 9.13 Å². The molecule has 0 N–H and O–H groups in total. The molecule has 0 aliphatic carbocycles. The van der Waals surface area contributed by atoms with Gasteiger partial charge in [0.05, 0.1) is 16.7 Å². The number of nitrogens with zero attached hydrogens (tertiary/aromatic N) is 2. The molecular formula is C12H6ClFN2O. The highest BCUT2D eigenvalue weighted by Gasteiger charge is 2.04. The zero-order valence-corrected chi connectivity index (χ0v) is 9.28. The minimum Gasteiger partial charge on any atom is -0.439 e. The molecule has 0 unspecified atom stereocenters. The molecular weight excluding hydrogens is 243 g/mol. The van der Waals surface area contributed by atoms with Gasteiger partial charge < -0.3 is 4.74 Å². The largest absolute Gasteiger partial charge is 0.439 e. The zero-order valence-electron chi connectivity index (χ0n) is 8.52. The summed E-state index contributed by atoms with van der Waals surface area (Å²) in [6.45, 7) is 0. The van der Waals surface area contributed by atoms with Gasteiger partial charge in [-0.25, -0.2) is 9.37 Å². The molecule has 2 rings (SSSR count). The van der Waals surface area contributed by atoms with Crippen LogP contribution >= 0.6 is 11.6 Å². The second-order valence-corrected chi connectivity index (χ2v) is 3.58. The van der Waals surface area contributed by atoms with Gasteiger partial charge in [-0.15, -0.1) is 0 Å². The number of ether oxygens (including phenoxy) is 1. The quantitative estimate of drug-likeness (QED) is 0.817. The summed E-state index contributed by atoms with van der Waals surface area (Å²) in [4.78, 5) is 3.92. The summed E-state index contributed by atoms with van der Waals surface area (Å²) < 4.78 is 18.3. The predicted molar refractivity (Wildman–Crippen MR) is 60.4 cm³/mol. The molecule has 1 aromatic heterocycles. The summed E-state index contributed by atoms with van der Waals surface area (Å²) in [6, 6.07) is 8.99. The number of nitriles is 1. The van der Waals surface area contributed by atoms with Crippen molar-refractivity contribution in [2.75, 3.05) is 0 Å². The van der Waals surface area contributed by atoms with Crippen molar-refractivity contribution in [2.24, 2.45) is 0 Å². The van der Waals surface area contributed by atoms with Gasteiger partial charge in [0, 0.05) is 18.3 Å². The van der Waals surface area contributed by atoms with Crippen LogP contribution in [-0.2, 0) is 0 Å². The number of rotatable bonds is 2. The Morgan fingerprint density at radius 2 is 2.12 bits per heavy atom. The number of pyridine rings is 1. The van der Waals surface area contributed by atoms with Crippen molar-refractivity contribution in [3.63, 3.8) is 0 Å². The molecule has 2 aromatic rings. The maximum Gasteiger partial charge on any atom is 0.220 e. The maximum absolute atomic E-state index is 12.9. The van der Waals surface area contributed by atoms with Crippen molar-refractivity contribution >= 4 is 11.6 Å². The molecule has 1 aromatic carbocycles. The molecule has 0 atom stereocenters. The molecule has 84 valence electrons. The summed E-state index contributed by atoms with van der Waals surface area (Å²) in [5, 5.41) is 8.68. The van der Waals surface area contributed by atoms with E-state index in [1.807, 2.05) is 6.07 Å². The SMILES string of the molecule is N#Cc1ccnc(Oc2ccc(F)c(Cl)c2)c1. The Hall–Kier alpha value is -2.12.